The summed E-state index contributed by atoms with van der Waals surface area (Å²) in [6.45, 7) is 4.32. The number of carbonyl (C=O) groups excluding carboxylic acids is 1. The molecule has 2 aromatic rings. The van der Waals surface area contributed by atoms with E-state index in [-0.39, 0.29) is 24.7 Å². The summed E-state index contributed by atoms with van der Waals surface area (Å²) in [6.07, 6.45) is -3.73. The summed E-state index contributed by atoms with van der Waals surface area (Å²) in [5, 5.41) is 2.54. The summed E-state index contributed by atoms with van der Waals surface area (Å²) in [5.74, 6) is -0.305. The van der Waals surface area contributed by atoms with Crippen LogP contribution in [0.4, 0.5) is 18.9 Å². The van der Waals surface area contributed by atoms with Crippen LogP contribution in [0.15, 0.2) is 24.3 Å². The topological polar surface area (TPSA) is 47.6 Å². The van der Waals surface area contributed by atoms with Crippen molar-refractivity contribution in [3.63, 3.8) is 0 Å². The SMILES string of the molecule is CCc1cc(C(=O)Nc2cc(C(F)(F)F)ccc2OCCOC)sc1C. The maximum absolute atomic E-state index is 13.0. The van der Waals surface area contributed by atoms with Gasteiger partial charge in [0.1, 0.15) is 12.4 Å². The predicted molar refractivity (Wildman–Crippen MR) is 95.2 cm³/mol. The molecule has 0 aliphatic carbocycles. The molecule has 0 saturated heterocycles. The van der Waals surface area contributed by atoms with E-state index in [1.807, 2.05) is 13.8 Å². The monoisotopic (exact) mass is 387 g/mol. The Hall–Kier alpha value is -2.06. The van der Waals surface area contributed by atoms with Crippen LogP contribution in [0.25, 0.3) is 0 Å². The van der Waals surface area contributed by atoms with Crippen molar-refractivity contribution >= 4 is 22.9 Å². The van der Waals surface area contributed by atoms with Crippen molar-refractivity contribution in [1.29, 1.82) is 0 Å². The maximum Gasteiger partial charge on any atom is 0.416 e. The lowest BCUT2D eigenvalue weighted by Gasteiger charge is -2.15. The van der Waals surface area contributed by atoms with E-state index < -0.39 is 17.6 Å². The van der Waals surface area contributed by atoms with Gasteiger partial charge in [0, 0.05) is 12.0 Å². The molecule has 0 aliphatic rings. The Morgan fingerprint density at radius 2 is 1.96 bits per heavy atom. The Balaban J connectivity index is 2.29. The fraction of sp³-hybridized carbons (Fsp3) is 0.389. The third-order valence-electron chi connectivity index (χ3n) is 3.73. The zero-order valence-corrected chi connectivity index (χ0v) is 15.5. The second-order valence-electron chi connectivity index (χ2n) is 5.55. The average Bonchev–Trinajstić information content (AvgIpc) is 2.96. The van der Waals surface area contributed by atoms with Gasteiger partial charge in [-0.3, -0.25) is 4.79 Å². The van der Waals surface area contributed by atoms with Gasteiger partial charge in [-0.1, -0.05) is 6.92 Å². The molecule has 1 heterocycles. The first kappa shape index (κ1) is 20.3. The molecule has 0 atom stereocenters. The summed E-state index contributed by atoms with van der Waals surface area (Å²) >= 11 is 1.31. The summed E-state index contributed by atoms with van der Waals surface area (Å²) in [6, 6.07) is 4.75. The minimum absolute atomic E-state index is 0.0231. The van der Waals surface area contributed by atoms with Crippen molar-refractivity contribution in [2.24, 2.45) is 0 Å². The quantitative estimate of drug-likeness (QED) is 0.687. The third-order valence-corrected chi connectivity index (χ3v) is 4.82. The minimum Gasteiger partial charge on any atom is -0.489 e. The number of alkyl halides is 3. The smallest absolute Gasteiger partial charge is 0.416 e. The summed E-state index contributed by atoms with van der Waals surface area (Å²) in [4.78, 5) is 13.9. The van der Waals surface area contributed by atoms with Gasteiger partial charge in [-0.05, 0) is 43.2 Å². The van der Waals surface area contributed by atoms with Gasteiger partial charge in [-0.15, -0.1) is 11.3 Å². The van der Waals surface area contributed by atoms with Crippen LogP contribution in [0.2, 0.25) is 0 Å². The summed E-state index contributed by atoms with van der Waals surface area (Å²) in [5.41, 5.74) is 0.161. The first-order chi connectivity index (χ1) is 12.3. The number of methoxy groups -OCH3 is 1. The van der Waals surface area contributed by atoms with Crippen LogP contribution in [-0.2, 0) is 17.3 Å². The van der Waals surface area contributed by atoms with E-state index in [9.17, 15) is 18.0 Å². The number of thiophene rings is 1. The number of halogens is 3. The van der Waals surface area contributed by atoms with Crippen molar-refractivity contribution < 1.29 is 27.4 Å². The molecule has 0 bridgehead atoms. The number of benzene rings is 1. The minimum atomic E-state index is -4.51. The first-order valence-electron chi connectivity index (χ1n) is 8.00. The van der Waals surface area contributed by atoms with Gasteiger partial charge in [-0.2, -0.15) is 13.2 Å². The molecular formula is C18H20F3NO3S. The zero-order chi connectivity index (χ0) is 19.3. The number of aryl methyl sites for hydroxylation is 2. The third kappa shape index (κ3) is 4.98. The van der Waals surface area contributed by atoms with Crippen LogP contribution < -0.4 is 10.1 Å². The summed E-state index contributed by atoms with van der Waals surface area (Å²) in [7, 11) is 1.49. The van der Waals surface area contributed by atoms with Crippen molar-refractivity contribution in [2.75, 3.05) is 25.6 Å². The Morgan fingerprint density at radius 3 is 2.54 bits per heavy atom. The van der Waals surface area contributed by atoms with E-state index in [2.05, 4.69) is 5.32 Å². The molecule has 142 valence electrons. The number of ether oxygens (including phenoxy) is 2. The van der Waals surface area contributed by atoms with Gasteiger partial charge in [0.05, 0.1) is 22.7 Å². The zero-order valence-electron chi connectivity index (χ0n) is 14.7. The fourth-order valence-corrected chi connectivity index (χ4v) is 3.34. The lowest BCUT2D eigenvalue weighted by atomic mass is 10.1. The average molecular weight is 387 g/mol. The Labute approximate surface area is 153 Å². The molecule has 1 amide bonds. The van der Waals surface area contributed by atoms with E-state index in [1.165, 1.54) is 24.5 Å². The van der Waals surface area contributed by atoms with E-state index in [0.29, 0.717) is 4.88 Å². The molecule has 26 heavy (non-hydrogen) atoms. The number of hydrogen-bond donors (Lipinski definition) is 1. The normalized spacial score (nSPS) is 11.5. The molecular weight excluding hydrogens is 367 g/mol. The molecule has 1 N–H and O–H groups in total. The van der Waals surface area contributed by atoms with Crippen LogP contribution in [0.3, 0.4) is 0 Å². The molecule has 8 heteroatoms. The maximum atomic E-state index is 13.0. The standard InChI is InChI=1S/C18H20F3NO3S/c1-4-12-9-16(26-11(12)2)17(23)22-14-10-13(18(19,20)21)5-6-15(14)25-8-7-24-3/h5-6,9-10H,4,7-8H2,1-3H3,(H,22,23). The number of carbonyl (C=O) groups is 1. The van der Waals surface area contributed by atoms with E-state index in [4.69, 9.17) is 9.47 Å². The molecule has 1 aromatic carbocycles. The molecule has 0 aliphatic heterocycles. The summed E-state index contributed by atoms with van der Waals surface area (Å²) < 4.78 is 49.3. The first-order valence-corrected chi connectivity index (χ1v) is 8.81. The molecule has 2 rings (SSSR count). The van der Waals surface area contributed by atoms with Crippen LogP contribution >= 0.6 is 11.3 Å². The van der Waals surface area contributed by atoms with Crippen LogP contribution in [0, 0.1) is 6.92 Å². The molecule has 1 aromatic heterocycles. The van der Waals surface area contributed by atoms with Gasteiger partial charge in [0.2, 0.25) is 0 Å². The highest BCUT2D eigenvalue weighted by molar-refractivity contribution is 7.14. The fourth-order valence-electron chi connectivity index (χ4n) is 2.33. The van der Waals surface area contributed by atoms with Crippen molar-refractivity contribution in [1.82, 2.24) is 0 Å². The number of hydrogen-bond acceptors (Lipinski definition) is 4. The van der Waals surface area contributed by atoms with Gasteiger partial charge in [0.15, 0.2) is 0 Å². The lowest BCUT2D eigenvalue weighted by Crippen LogP contribution is -2.14. The lowest BCUT2D eigenvalue weighted by molar-refractivity contribution is -0.137. The van der Waals surface area contributed by atoms with Gasteiger partial charge >= 0.3 is 6.18 Å². The van der Waals surface area contributed by atoms with Crippen LogP contribution in [0.5, 0.6) is 5.75 Å². The molecule has 0 fully saturated rings. The van der Waals surface area contributed by atoms with Crippen molar-refractivity contribution in [3.05, 3.63) is 45.1 Å². The Kier molecular flexibility index (Phi) is 6.66. The number of nitrogens with one attached hydrogen (secondary N) is 1. The van der Waals surface area contributed by atoms with E-state index in [1.54, 1.807) is 6.07 Å². The molecule has 4 nitrogen and oxygen atoms in total. The highest BCUT2D eigenvalue weighted by Crippen LogP contribution is 2.35. The molecule has 0 saturated carbocycles. The van der Waals surface area contributed by atoms with Gasteiger partial charge in [-0.25, -0.2) is 0 Å². The number of amides is 1. The van der Waals surface area contributed by atoms with Gasteiger partial charge in [0.25, 0.3) is 5.91 Å². The molecule has 0 spiro atoms. The van der Waals surface area contributed by atoms with Crippen LogP contribution in [0.1, 0.15) is 32.6 Å². The second-order valence-corrected chi connectivity index (χ2v) is 6.81. The van der Waals surface area contributed by atoms with Crippen LogP contribution in [-0.4, -0.2) is 26.2 Å². The highest BCUT2D eigenvalue weighted by Gasteiger charge is 2.31. The second kappa shape index (κ2) is 8.55. The number of anilines is 1. The molecule has 0 unspecified atom stereocenters. The van der Waals surface area contributed by atoms with Crippen molar-refractivity contribution in [3.8, 4) is 5.75 Å². The van der Waals surface area contributed by atoms with Gasteiger partial charge < -0.3 is 14.8 Å². The predicted octanol–water partition coefficient (Wildman–Crippen LogP) is 4.92. The number of rotatable bonds is 7. The van der Waals surface area contributed by atoms with E-state index in [0.717, 1.165) is 29.0 Å². The highest BCUT2D eigenvalue weighted by atomic mass is 32.1. The Morgan fingerprint density at radius 1 is 1.23 bits per heavy atom. The van der Waals surface area contributed by atoms with E-state index >= 15 is 0 Å². The van der Waals surface area contributed by atoms with Crippen molar-refractivity contribution in [2.45, 2.75) is 26.4 Å². The largest absolute Gasteiger partial charge is 0.489 e. The molecule has 0 radical (unpaired) electrons. The Bertz CT molecular complexity index is 772.